The van der Waals surface area contributed by atoms with Crippen LogP contribution in [0.2, 0.25) is 10.0 Å². The summed E-state index contributed by atoms with van der Waals surface area (Å²) in [5.41, 5.74) is 0.137. The van der Waals surface area contributed by atoms with Crippen molar-refractivity contribution in [3.63, 3.8) is 0 Å². The average molecular weight is 455 g/mol. The van der Waals surface area contributed by atoms with Gasteiger partial charge >= 0.3 is 0 Å². The molecule has 1 aliphatic carbocycles. The van der Waals surface area contributed by atoms with Gasteiger partial charge in [0.25, 0.3) is 5.91 Å². The highest BCUT2D eigenvalue weighted by Crippen LogP contribution is 2.43. The van der Waals surface area contributed by atoms with E-state index in [2.05, 4.69) is 5.32 Å². The molecule has 1 aromatic carbocycles. The van der Waals surface area contributed by atoms with Gasteiger partial charge in [0.05, 0.1) is 20.7 Å². The van der Waals surface area contributed by atoms with Crippen molar-refractivity contribution in [2.75, 3.05) is 11.1 Å². The van der Waals surface area contributed by atoms with Gasteiger partial charge in [-0.15, -0.1) is 0 Å². The number of rotatable bonds is 5. The fourth-order valence-electron chi connectivity index (χ4n) is 3.06. The Labute approximate surface area is 169 Å². The number of halogens is 5. The minimum absolute atomic E-state index is 0.00841. The first-order valence-electron chi connectivity index (χ1n) is 8.11. The van der Waals surface area contributed by atoms with Gasteiger partial charge in [0.2, 0.25) is 5.92 Å². The summed E-state index contributed by atoms with van der Waals surface area (Å²) in [4.78, 5) is 12.3. The largest absolute Gasteiger partial charge is 0.345 e. The average Bonchev–Trinajstić information content (AvgIpc) is 2.93. The minimum Gasteiger partial charge on any atom is -0.345 e. The molecule has 1 N–H and O–H groups in total. The number of nitrogens with one attached hydrogen (secondary N) is 1. The second-order valence-electron chi connectivity index (χ2n) is 6.79. The predicted octanol–water partition coefficient (Wildman–Crippen LogP) is 4.54. The fourth-order valence-corrected chi connectivity index (χ4v) is 5.21. The summed E-state index contributed by atoms with van der Waals surface area (Å²) in [7, 11) is -2.36. The zero-order valence-electron chi connectivity index (χ0n) is 14.5. The number of anilines is 1. The van der Waals surface area contributed by atoms with Gasteiger partial charge in [-0.1, -0.05) is 23.2 Å². The molecule has 0 saturated heterocycles. The molecule has 0 bridgehead atoms. The lowest BCUT2D eigenvalue weighted by Gasteiger charge is -2.34. The van der Waals surface area contributed by atoms with Gasteiger partial charge in [-0.05, 0) is 24.1 Å². The van der Waals surface area contributed by atoms with Crippen molar-refractivity contribution in [3.05, 3.63) is 46.0 Å². The van der Waals surface area contributed by atoms with Gasteiger partial charge in [-0.25, -0.2) is 21.6 Å². The van der Waals surface area contributed by atoms with E-state index in [9.17, 15) is 26.4 Å². The number of hydrogen-bond acceptors (Lipinski definition) is 3. The molecule has 0 radical (unpaired) electrons. The minimum atomic E-state index is -3.82. The van der Waals surface area contributed by atoms with E-state index in [0.717, 1.165) is 18.2 Å². The van der Waals surface area contributed by atoms with Crippen LogP contribution in [0.4, 0.5) is 18.9 Å². The Morgan fingerprint density at radius 2 is 1.82 bits per heavy atom. The Morgan fingerprint density at radius 1 is 1.25 bits per heavy atom. The third kappa shape index (κ3) is 4.31. The molecule has 28 heavy (non-hydrogen) atoms. The summed E-state index contributed by atoms with van der Waals surface area (Å²) in [6.45, 7) is 0. The number of nitrogens with zero attached hydrogens (tertiary/aromatic N) is 1. The number of alkyl halides is 2. The number of aryl methyl sites for hydroxylation is 1. The highest BCUT2D eigenvalue weighted by molar-refractivity contribution is 7.91. The topological polar surface area (TPSA) is 68.2 Å². The van der Waals surface area contributed by atoms with Crippen LogP contribution in [0, 0.1) is 11.7 Å². The molecule has 5 nitrogen and oxygen atoms in total. The van der Waals surface area contributed by atoms with Crippen LogP contribution in [0.15, 0.2) is 29.3 Å². The van der Waals surface area contributed by atoms with Crippen molar-refractivity contribution < 1.29 is 26.4 Å². The summed E-state index contributed by atoms with van der Waals surface area (Å²) in [6.07, 6.45) is 0.322. The highest BCUT2D eigenvalue weighted by atomic mass is 35.5. The molecule has 11 heteroatoms. The van der Waals surface area contributed by atoms with Crippen LogP contribution in [-0.4, -0.2) is 30.6 Å². The summed E-state index contributed by atoms with van der Waals surface area (Å²) >= 11 is 11.4. The molecular formula is C17H15Cl2F3N2O3S. The van der Waals surface area contributed by atoms with Crippen molar-refractivity contribution in [1.82, 2.24) is 4.57 Å². The van der Waals surface area contributed by atoms with Crippen LogP contribution in [0.25, 0.3) is 0 Å². The SMILES string of the molecule is Cn1cc(S(=O)(=O)CC2CC(F)(F)C2)cc1C(=O)Nc1cc(Cl)c(F)c(Cl)c1. The third-order valence-electron chi connectivity index (χ3n) is 4.44. The lowest BCUT2D eigenvalue weighted by Crippen LogP contribution is -2.39. The van der Waals surface area contributed by atoms with Gasteiger partial charge in [0.15, 0.2) is 15.7 Å². The van der Waals surface area contributed by atoms with Gasteiger partial charge in [-0.2, -0.15) is 0 Å². The Bertz CT molecular complexity index is 1020. The molecule has 1 fully saturated rings. The van der Waals surface area contributed by atoms with Crippen molar-refractivity contribution >= 4 is 44.6 Å². The molecule has 1 saturated carbocycles. The lowest BCUT2D eigenvalue weighted by atomic mass is 9.83. The Hall–Kier alpha value is -1.71. The van der Waals surface area contributed by atoms with Crippen LogP contribution in [0.1, 0.15) is 23.3 Å². The molecule has 0 atom stereocenters. The Balaban J connectivity index is 1.77. The fraction of sp³-hybridized carbons (Fsp3) is 0.353. The zero-order chi connectivity index (χ0) is 20.9. The third-order valence-corrected chi connectivity index (χ3v) is 6.84. The van der Waals surface area contributed by atoms with E-state index in [1.54, 1.807) is 0 Å². The molecule has 1 aliphatic rings. The number of amides is 1. The summed E-state index contributed by atoms with van der Waals surface area (Å²) in [6, 6.07) is 3.49. The zero-order valence-corrected chi connectivity index (χ0v) is 16.8. The first-order chi connectivity index (χ1) is 12.9. The maximum atomic E-state index is 13.5. The van der Waals surface area contributed by atoms with Crippen molar-refractivity contribution in [2.24, 2.45) is 13.0 Å². The quantitative estimate of drug-likeness (QED) is 0.674. The van der Waals surface area contributed by atoms with E-state index in [1.807, 2.05) is 0 Å². The maximum Gasteiger partial charge on any atom is 0.272 e. The molecule has 2 aromatic rings. The van der Waals surface area contributed by atoms with Crippen LogP contribution >= 0.6 is 23.2 Å². The molecule has 3 rings (SSSR count). The van der Waals surface area contributed by atoms with Crippen LogP contribution in [0.3, 0.4) is 0 Å². The molecule has 0 spiro atoms. The van der Waals surface area contributed by atoms with Gasteiger partial charge < -0.3 is 9.88 Å². The van der Waals surface area contributed by atoms with E-state index in [4.69, 9.17) is 23.2 Å². The van der Waals surface area contributed by atoms with Crippen LogP contribution < -0.4 is 5.32 Å². The van der Waals surface area contributed by atoms with Crippen molar-refractivity contribution in [2.45, 2.75) is 23.7 Å². The second kappa shape index (κ2) is 7.27. The number of carbonyl (C=O) groups is 1. The van der Waals surface area contributed by atoms with E-state index in [1.165, 1.54) is 17.8 Å². The summed E-state index contributed by atoms with van der Waals surface area (Å²) < 4.78 is 65.5. The van der Waals surface area contributed by atoms with E-state index in [-0.39, 0.29) is 26.3 Å². The first kappa shape index (κ1) is 21.0. The second-order valence-corrected chi connectivity index (χ2v) is 9.64. The molecule has 1 amide bonds. The van der Waals surface area contributed by atoms with Crippen molar-refractivity contribution in [1.29, 1.82) is 0 Å². The van der Waals surface area contributed by atoms with Gasteiger partial charge in [0, 0.05) is 31.8 Å². The van der Waals surface area contributed by atoms with E-state index in [0.29, 0.717) is 0 Å². The highest BCUT2D eigenvalue weighted by Gasteiger charge is 2.47. The Morgan fingerprint density at radius 3 is 2.36 bits per heavy atom. The summed E-state index contributed by atoms with van der Waals surface area (Å²) in [5, 5.41) is 1.89. The lowest BCUT2D eigenvalue weighted by molar-refractivity contribution is -0.103. The summed E-state index contributed by atoms with van der Waals surface area (Å²) in [5.74, 6) is -5.31. The predicted molar refractivity (Wildman–Crippen MR) is 99.5 cm³/mol. The standard InChI is InChI=1S/C17H15Cl2F3N2O3S/c1-24-7-11(28(26,27)8-9-5-17(21,22)6-9)4-14(24)16(25)23-10-2-12(18)15(20)13(19)3-10/h2-4,7,9H,5-6,8H2,1H3,(H,23,25). The molecule has 152 valence electrons. The molecular weight excluding hydrogens is 440 g/mol. The number of carbonyl (C=O) groups excluding carboxylic acids is 1. The monoisotopic (exact) mass is 454 g/mol. The van der Waals surface area contributed by atoms with Crippen LogP contribution in [0.5, 0.6) is 0 Å². The number of sulfone groups is 1. The molecule has 1 heterocycles. The number of hydrogen-bond donors (Lipinski definition) is 1. The maximum absolute atomic E-state index is 13.5. The number of aromatic nitrogens is 1. The van der Waals surface area contributed by atoms with Gasteiger partial charge in [0.1, 0.15) is 5.69 Å². The van der Waals surface area contributed by atoms with Crippen LogP contribution in [-0.2, 0) is 16.9 Å². The Kier molecular flexibility index (Phi) is 5.46. The first-order valence-corrected chi connectivity index (χ1v) is 10.5. The number of benzene rings is 1. The smallest absolute Gasteiger partial charge is 0.272 e. The van der Waals surface area contributed by atoms with Gasteiger partial charge in [-0.3, -0.25) is 4.79 Å². The van der Waals surface area contributed by atoms with Crippen molar-refractivity contribution in [3.8, 4) is 0 Å². The molecule has 0 aliphatic heterocycles. The van der Waals surface area contributed by atoms with E-state index >= 15 is 0 Å². The van der Waals surface area contributed by atoms with E-state index < -0.39 is 52.0 Å². The molecule has 0 unspecified atom stereocenters. The normalized spacial score (nSPS) is 16.6. The molecule has 1 aromatic heterocycles.